The second-order valence-corrected chi connectivity index (χ2v) is 7.70. The SMILES string of the molecule is CN=Nc1ccc(-c2nc3ccc(C)c(S(=O)(=O)OC)c3s2)cc1. The van der Waals surface area contributed by atoms with Crippen LogP contribution in [0.15, 0.2) is 51.5 Å². The highest BCUT2D eigenvalue weighted by atomic mass is 32.2. The smallest absolute Gasteiger partial charge is 0.270 e. The molecule has 0 saturated carbocycles. The van der Waals surface area contributed by atoms with Crippen molar-refractivity contribution in [3.8, 4) is 10.6 Å². The van der Waals surface area contributed by atoms with Gasteiger partial charge in [-0.2, -0.15) is 18.6 Å². The van der Waals surface area contributed by atoms with Gasteiger partial charge in [-0.3, -0.25) is 4.18 Å². The molecule has 3 aromatic rings. The van der Waals surface area contributed by atoms with E-state index in [-0.39, 0.29) is 4.90 Å². The van der Waals surface area contributed by atoms with Crippen LogP contribution in [0.5, 0.6) is 0 Å². The summed E-state index contributed by atoms with van der Waals surface area (Å²) >= 11 is 1.33. The van der Waals surface area contributed by atoms with Gasteiger partial charge in [-0.05, 0) is 42.8 Å². The van der Waals surface area contributed by atoms with Gasteiger partial charge in [0, 0.05) is 12.6 Å². The minimum atomic E-state index is -3.80. The van der Waals surface area contributed by atoms with Gasteiger partial charge in [0.25, 0.3) is 10.1 Å². The number of aryl methyl sites for hydroxylation is 1. The number of hydrogen-bond donors (Lipinski definition) is 0. The number of thiazole rings is 1. The van der Waals surface area contributed by atoms with Crippen LogP contribution < -0.4 is 0 Å². The summed E-state index contributed by atoms with van der Waals surface area (Å²) in [5, 5.41) is 8.44. The quantitative estimate of drug-likeness (QED) is 0.512. The first kappa shape index (κ1) is 16.7. The molecule has 0 saturated heterocycles. The van der Waals surface area contributed by atoms with Crippen LogP contribution in [-0.4, -0.2) is 27.6 Å². The summed E-state index contributed by atoms with van der Waals surface area (Å²) in [7, 11) is -1.02. The van der Waals surface area contributed by atoms with E-state index in [0.29, 0.717) is 15.8 Å². The number of nitrogens with zero attached hydrogens (tertiary/aromatic N) is 3. The summed E-state index contributed by atoms with van der Waals surface area (Å²) in [5.74, 6) is 0. The molecule has 0 radical (unpaired) electrons. The number of rotatable bonds is 4. The zero-order valence-electron chi connectivity index (χ0n) is 13.3. The van der Waals surface area contributed by atoms with E-state index in [9.17, 15) is 8.42 Å². The lowest BCUT2D eigenvalue weighted by atomic mass is 10.2. The Balaban J connectivity index is 2.17. The molecule has 0 fully saturated rings. The Kier molecular flexibility index (Phi) is 4.44. The molecule has 0 unspecified atom stereocenters. The summed E-state index contributed by atoms with van der Waals surface area (Å²) < 4.78 is 29.8. The third-order valence-corrected chi connectivity index (χ3v) is 6.24. The van der Waals surface area contributed by atoms with Gasteiger partial charge in [0.2, 0.25) is 0 Å². The maximum Gasteiger partial charge on any atom is 0.298 e. The predicted octanol–water partition coefficient (Wildman–Crippen LogP) is 4.32. The lowest BCUT2D eigenvalue weighted by molar-refractivity contribution is 0.398. The van der Waals surface area contributed by atoms with Crippen LogP contribution in [0.4, 0.5) is 5.69 Å². The minimum Gasteiger partial charge on any atom is -0.270 e. The number of benzene rings is 2. The molecule has 0 atom stereocenters. The van der Waals surface area contributed by atoms with E-state index >= 15 is 0 Å². The fraction of sp³-hybridized carbons (Fsp3) is 0.188. The fourth-order valence-electron chi connectivity index (χ4n) is 2.37. The molecule has 3 rings (SSSR count). The Bertz CT molecular complexity index is 1020. The number of aromatic nitrogens is 1. The molecule has 24 heavy (non-hydrogen) atoms. The summed E-state index contributed by atoms with van der Waals surface area (Å²) in [6.45, 7) is 1.75. The second-order valence-electron chi connectivity index (χ2n) is 5.05. The van der Waals surface area contributed by atoms with Crippen molar-refractivity contribution >= 4 is 37.4 Å². The molecule has 0 aliphatic carbocycles. The molecule has 8 heteroatoms. The Morgan fingerprint density at radius 2 is 1.83 bits per heavy atom. The number of azo groups is 1. The van der Waals surface area contributed by atoms with Crippen molar-refractivity contribution in [3.63, 3.8) is 0 Å². The van der Waals surface area contributed by atoms with Gasteiger partial charge >= 0.3 is 0 Å². The summed E-state index contributed by atoms with van der Waals surface area (Å²) in [6, 6.07) is 11.0. The van der Waals surface area contributed by atoms with Gasteiger partial charge in [0.1, 0.15) is 9.90 Å². The third kappa shape index (κ3) is 2.95. The topological polar surface area (TPSA) is 81.0 Å². The van der Waals surface area contributed by atoms with Crippen molar-refractivity contribution in [2.75, 3.05) is 14.2 Å². The molecular formula is C16H15N3O3S2. The molecule has 0 amide bonds. The van der Waals surface area contributed by atoms with Crippen molar-refractivity contribution in [2.24, 2.45) is 10.2 Å². The highest BCUT2D eigenvalue weighted by molar-refractivity contribution is 7.87. The standard InChI is InChI=1S/C16H15N3O3S2/c1-10-4-9-13-14(15(10)24(20,21)22-3)23-16(18-13)11-5-7-12(8-6-11)19-17-2/h4-9H,1-3H3. The average Bonchev–Trinajstić information content (AvgIpc) is 2.99. The Morgan fingerprint density at radius 1 is 1.12 bits per heavy atom. The zero-order chi connectivity index (χ0) is 17.3. The van der Waals surface area contributed by atoms with E-state index in [4.69, 9.17) is 4.18 Å². The van der Waals surface area contributed by atoms with Crippen LogP contribution in [0.3, 0.4) is 0 Å². The summed E-state index contributed by atoms with van der Waals surface area (Å²) in [6.07, 6.45) is 0. The Labute approximate surface area is 144 Å². The van der Waals surface area contributed by atoms with Crippen LogP contribution in [0.1, 0.15) is 5.56 Å². The van der Waals surface area contributed by atoms with Crippen LogP contribution in [0.2, 0.25) is 0 Å². The van der Waals surface area contributed by atoms with Gasteiger partial charge in [0.05, 0.1) is 23.0 Å². The molecule has 1 heterocycles. The fourth-order valence-corrected chi connectivity index (χ4v) is 4.83. The largest absolute Gasteiger partial charge is 0.298 e. The monoisotopic (exact) mass is 361 g/mol. The molecule has 6 nitrogen and oxygen atoms in total. The van der Waals surface area contributed by atoms with Gasteiger partial charge < -0.3 is 0 Å². The molecule has 1 aromatic heterocycles. The van der Waals surface area contributed by atoms with Crippen molar-refractivity contribution in [3.05, 3.63) is 42.0 Å². The maximum atomic E-state index is 12.2. The van der Waals surface area contributed by atoms with Crippen LogP contribution >= 0.6 is 11.3 Å². The molecule has 0 aliphatic heterocycles. The van der Waals surface area contributed by atoms with E-state index in [0.717, 1.165) is 23.4 Å². The first-order valence-electron chi connectivity index (χ1n) is 7.07. The van der Waals surface area contributed by atoms with Crippen LogP contribution in [0, 0.1) is 6.92 Å². The normalized spacial score (nSPS) is 12.3. The van der Waals surface area contributed by atoms with Crippen molar-refractivity contribution in [2.45, 2.75) is 11.8 Å². The zero-order valence-corrected chi connectivity index (χ0v) is 15.0. The molecule has 0 bridgehead atoms. The van der Waals surface area contributed by atoms with Gasteiger partial charge in [0.15, 0.2) is 0 Å². The van der Waals surface area contributed by atoms with E-state index in [1.807, 2.05) is 30.3 Å². The second kappa shape index (κ2) is 6.39. The maximum absolute atomic E-state index is 12.2. The van der Waals surface area contributed by atoms with E-state index in [2.05, 4.69) is 15.2 Å². The number of hydrogen-bond acceptors (Lipinski definition) is 7. The Morgan fingerprint density at radius 3 is 2.46 bits per heavy atom. The first-order chi connectivity index (χ1) is 11.5. The van der Waals surface area contributed by atoms with Gasteiger partial charge in [-0.1, -0.05) is 6.07 Å². The van der Waals surface area contributed by atoms with Crippen molar-refractivity contribution in [1.29, 1.82) is 0 Å². The Hall–Kier alpha value is -2.16. The lowest BCUT2D eigenvalue weighted by Crippen LogP contribution is -2.05. The molecule has 0 N–H and O–H groups in total. The first-order valence-corrected chi connectivity index (χ1v) is 9.30. The van der Waals surface area contributed by atoms with Crippen LogP contribution in [0.25, 0.3) is 20.8 Å². The minimum absolute atomic E-state index is 0.183. The predicted molar refractivity (Wildman–Crippen MR) is 94.4 cm³/mol. The van der Waals surface area contributed by atoms with E-state index < -0.39 is 10.1 Å². The highest BCUT2D eigenvalue weighted by Gasteiger charge is 2.22. The average molecular weight is 361 g/mol. The molecule has 0 spiro atoms. The summed E-state index contributed by atoms with van der Waals surface area (Å²) in [4.78, 5) is 4.74. The molecule has 2 aromatic carbocycles. The molecular weight excluding hydrogens is 346 g/mol. The van der Waals surface area contributed by atoms with E-state index in [1.165, 1.54) is 11.3 Å². The summed E-state index contributed by atoms with van der Waals surface area (Å²) in [5.41, 5.74) is 2.91. The number of fused-ring (bicyclic) bond motifs is 1. The lowest BCUT2D eigenvalue weighted by Gasteiger charge is -2.05. The third-order valence-electron chi connectivity index (χ3n) is 3.51. The highest BCUT2D eigenvalue weighted by Crippen LogP contribution is 2.36. The van der Waals surface area contributed by atoms with Crippen molar-refractivity contribution < 1.29 is 12.6 Å². The van der Waals surface area contributed by atoms with Gasteiger partial charge in [-0.15, -0.1) is 11.3 Å². The van der Waals surface area contributed by atoms with E-state index in [1.54, 1.807) is 20.0 Å². The molecule has 124 valence electrons. The van der Waals surface area contributed by atoms with Crippen LogP contribution in [-0.2, 0) is 14.3 Å². The molecule has 0 aliphatic rings. The van der Waals surface area contributed by atoms with Gasteiger partial charge in [-0.25, -0.2) is 4.98 Å². The van der Waals surface area contributed by atoms with Crippen molar-refractivity contribution in [1.82, 2.24) is 4.98 Å².